The number of aryl methyl sites for hydroxylation is 1. The molecule has 0 spiro atoms. The number of rotatable bonds is 5. The van der Waals surface area contributed by atoms with Crippen molar-refractivity contribution in [2.75, 3.05) is 12.1 Å². The van der Waals surface area contributed by atoms with Crippen LogP contribution in [0.3, 0.4) is 0 Å². The van der Waals surface area contributed by atoms with E-state index in [0.29, 0.717) is 28.6 Å². The third kappa shape index (κ3) is 3.81. The Kier molecular flexibility index (Phi) is 5.33. The largest absolute Gasteiger partial charge is 0.454 e. The van der Waals surface area contributed by atoms with Gasteiger partial charge in [0.15, 0.2) is 17.6 Å². The molecule has 0 bridgehead atoms. The van der Waals surface area contributed by atoms with E-state index in [2.05, 4.69) is 10.4 Å². The monoisotopic (exact) mass is 427 g/mol. The number of fused-ring (bicyclic) bond motifs is 1. The minimum atomic E-state index is -1.06. The fourth-order valence-electron chi connectivity index (χ4n) is 2.96. The minimum Gasteiger partial charge on any atom is -0.454 e. The Hall–Kier alpha value is -3.52. The van der Waals surface area contributed by atoms with E-state index < -0.39 is 18.0 Å². The van der Waals surface area contributed by atoms with E-state index in [9.17, 15) is 9.59 Å². The lowest BCUT2D eigenvalue weighted by molar-refractivity contribution is -0.123. The van der Waals surface area contributed by atoms with Crippen molar-refractivity contribution in [3.05, 3.63) is 64.9 Å². The highest BCUT2D eigenvalue weighted by molar-refractivity contribution is 6.33. The highest BCUT2D eigenvalue weighted by Crippen LogP contribution is 2.34. The van der Waals surface area contributed by atoms with Gasteiger partial charge in [-0.25, -0.2) is 9.48 Å². The molecule has 0 saturated carbocycles. The molecule has 9 heteroatoms. The maximum atomic E-state index is 12.7. The molecule has 0 saturated heterocycles. The van der Waals surface area contributed by atoms with Crippen molar-refractivity contribution in [1.29, 1.82) is 0 Å². The Morgan fingerprint density at radius 1 is 1.17 bits per heavy atom. The number of benzene rings is 2. The van der Waals surface area contributed by atoms with Gasteiger partial charge in [0, 0.05) is 11.8 Å². The summed E-state index contributed by atoms with van der Waals surface area (Å²) < 4.78 is 17.3. The van der Waals surface area contributed by atoms with Gasteiger partial charge in [-0.15, -0.1) is 0 Å². The second-order valence-corrected chi connectivity index (χ2v) is 6.96. The van der Waals surface area contributed by atoms with Gasteiger partial charge < -0.3 is 19.5 Å². The van der Waals surface area contributed by atoms with Gasteiger partial charge >= 0.3 is 5.97 Å². The molecule has 1 N–H and O–H groups in total. The van der Waals surface area contributed by atoms with Crippen LogP contribution in [0.5, 0.6) is 11.5 Å². The van der Waals surface area contributed by atoms with Gasteiger partial charge in [-0.1, -0.05) is 29.8 Å². The van der Waals surface area contributed by atoms with Crippen LogP contribution < -0.4 is 14.8 Å². The molecule has 2 heterocycles. The smallest absolute Gasteiger partial charge is 0.344 e. The Balaban J connectivity index is 1.46. The number of hydrogen-bond acceptors (Lipinski definition) is 6. The number of halogens is 1. The maximum absolute atomic E-state index is 12.7. The van der Waals surface area contributed by atoms with Crippen molar-refractivity contribution in [2.45, 2.75) is 20.0 Å². The summed E-state index contributed by atoms with van der Waals surface area (Å²) in [6, 6.07) is 14.2. The van der Waals surface area contributed by atoms with Gasteiger partial charge in [0.05, 0.1) is 11.4 Å². The Morgan fingerprint density at radius 2 is 1.90 bits per heavy atom. The lowest BCUT2D eigenvalue weighted by Crippen LogP contribution is -2.30. The van der Waals surface area contributed by atoms with Crippen LogP contribution in [0.15, 0.2) is 48.5 Å². The van der Waals surface area contributed by atoms with Crippen molar-refractivity contribution in [3.8, 4) is 17.2 Å². The zero-order valence-corrected chi connectivity index (χ0v) is 17.0. The molecule has 30 heavy (non-hydrogen) atoms. The number of nitrogens with one attached hydrogen (secondary N) is 1. The fraction of sp³-hybridized carbons (Fsp3) is 0.190. The van der Waals surface area contributed by atoms with E-state index in [-0.39, 0.29) is 17.5 Å². The summed E-state index contributed by atoms with van der Waals surface area (Å²) in [5.74, 6) is -0.0827. The van der Waals surface area contributed by atoms with E-state index in [4.69, 9.17) is 25.8 Å². The molecule has 1 aromatic heterocycles. The first-order valence-corrected chi connectivity index (χ1v) is 9.54. The SMILES string of the molecule is Cc1nn(-c2ccccc2)c(Cl)c1C(=O)O[C@H](C)C(=O)Nc1ccc2c(c1)OCO2. The van der Waals surface area contributed by atoms with E-state index in [0.717, 1.165) is 0 Å². The van der Waals surface area contributed by atoms with Crippen LogP contribution in [-0.2, 0) is 9.53 Å². The van der Waals surface area contributed by atoms with Gasteiger partial charge in [-0.3, -0.25) is 4.79 Å². The van der Waals surface area contributed by atoms with Crippen LogP contribution in [0, 0.1) is 6.92 Å². The molecule has 8 nitrogen and oxygen atoms in total. The Labute approximate surface area is 177 Å². The van der Waals surface area contributed by atoms with Gasteiger partial charge in [-0.05, 0) is 38.1 Å². The molecule has 2 aromatic carbocycles. The molecule has 1 atom stereocenters. The number of esters is 1. The molecular formula is C21H18ClN3O5. The first-order valence-electron chi connectivity index (χ1n) is 9.16. The number of para-hydroxylation sites is 1. The molecule has 1 amide bonds. The third-order valence-electron chi connectivity index (χ3n) is 4.50. The number of amides is 1. The van der Waals surface area contributed by atoms with Crippen LogP contribution >= 0.6 is 11.6 Å². The van der Waals surface area contributed by atoms with E-state index in [1.807, 2.05) is 30.3 Å². The summed E-state index contributed by atoms with van der Waals surface area (Å²) in [5, 5.41) is 7.11. The molecule has 4 rings (SSSR count). The number of hydrogen-bond donors (Lipinski definition) is 1. The summed E-state index contributed by atoms with van der Waals surface area (Å²) >= 11 is 6.38. The van der Waals surface area contributed by atoms with Crippen LogP contribution in [0.2, 0.25) is 5.15 Å². The van der Waals surface area contributed by atoms with Crippen LogP contribution in [0.25, 0.3) is 5.69 Å². The van der Waals surface area contributed by atoms with Crippen LogP contribution in [0.1, 0.15) is 23.0 Å². The van der Waals surface area contributed by atoms with Gasteiger partial charge in [0.2, 0.25) is 6.79 Å². The number of anilines is 1. The summed E-state index contributed by atoms with van der Waals surface area (Å²) in [4.78, 5) is 25.1. The lowest BCUT2D eigenvalue weighted by atomic mass is 10.2. The van der Waals surface area contributed by atoms with E-state index in [1.54, 1.807) is 25.1 Å². The standard InChI is InChI=1S/C21H18ClN3O5/c1-12-18(19(22)25(24-12)15-6-4-3-5-7-15)21(27)30-13(2)20(26)23-14-8-9-16-17(10-14)29-11-28-16/h3-10,13H,11H2,1-2H3,(H,23,26)/t13-/m1/s1. The minimum absolute atomic E-state index is 0.114. The number of carbonyl (C=O) groups excluding carboxylic acids is 2. The summed E-state index contributed by atoms with van der Waals surface area (Å²) in [6.07, 6.45) is -1.06. The summed E-state index contributed by atoms with van der Waals surface area (Å²) in [7, 11) is 0. The highest BCUT2D eigenvalue weighted by Gasteiger charge is 2.26. The van der Waals surface area contributed by atoms with E-state index in [1.165, 1.54) is 11.6 Å². The molecule has 3 aromatic rings. The average Bonchev–Trinajstić information content (AvgIpc) is 3.31. The fourth-order valence-corrected chi connectivity index (χ4v) is 3.31. The number of carbonyl (C=O) groups is 2. The van der Waals surface area contributed by atoms with Crippen molar-refractivity contribution in [1.82, 2.24) is 9.78 Å². The summed E-state index contributed by atoms with van der Waals surface area (Å²) in [6.45, 7) is 3.27. The molecular weight excluding hydrogens is 410 g/mol. The van der Waals surface area contributed by atoms with Gasteiger partial charge in [0.25, 0.3) is 5.91 Å². The van der Waals surface area contributed by atoms with Crippen LogP contribution in [-0.4, -0.2) is 34.6 Å². The molecule has 0 aliphatic carbocycles. The number of nitrogens with zero attached hydrogens (tertiary/aromatic N) is 2. The second kappa shape index (κ2) is 8.08. The first kappa shape index (κ1) is 19.8. The predicted molar refractivity (Wildman–Crippen MR) is 109 cm³/mol. The second-order valence-electron chi connectivity index (χ2n) is 6.60. The van der Waals surface area contributed by atoms with Crippen molar-refractivity contribution < 1.29 is 23.8 Å². The number of aromatic nitrogens is 2. The van der Waals surface area contributed by atoms with Crippen molar-refractivity contribution in [2.24, 2.45) is 0 Å². The maximum Gasteiger partial charge on any atom is 0.344 e. The quantitative estimate of drug-likeness (QED) is 0.623. The van der Waals surface area contributed by atoms with Crippen molar-refractivity contribution in [3.63, 3.8) is 0 Å². The molecule has 1 aliphatic heterocycles. The number of ether oxygens (including phenoxy) is 3. The van der Waals surface area contributed by atoms with Crippen molar-refractivity contribution >= 4 is 29.2 Å². The predicted octanol–water partition coefficient (Wildman–Crippen LogP) is 3.75. The molecule has 0 unspecified atom stereocenters. The van der Waals surface area contributed by atoms with Gasteiger partial charge in [0.1, 0.15) is 10.7 Å². The normalized spacial score (nSPS) is 13.0. The van der Waals surface area contributed by atoms with Gasteiger partial charge in [-0.2, -0.15) is 5.10 Å². The Bertz CT molecular complexity index is 1110. The highest BCUT2D eigenvalue weighted by atomic mass is 35.5. The Morgan fingerprint density at radius 3 is 2.67 bits per heavy atom. The molecule has 154 valence electrons. The molecule has 0 fully saturated rings. The first-order chi connectivity index (χ1) is 14.4. The third-order valence-corrected chi connectivity index (χ3v) is 4.85. The molecule has 0 radical (unpaired) electrons. The zero-order chi connectivity index (χ0) is 21.3. The topological polar surface area (TPSA) is 91.7 Å². The lowest BCUT2D eigenvalue weighted by Gasteiger charge is -2.14. The van der Waals surface area contributed by atoms with E-state index >= 15 is 0 Å². The zero-order valence-electron chi connectivity index (χ0n) is 16.2. The van der Waals surface area contributed by atoms with Crippen LogP contribution in [0.4, 0.5) is 5.69 Å². The molecule has 1 aliphatic rings. The summed E-state index contributed by atoms with van der Waals surface area (Å²) in [5.41, 5.74) is 1.72. The average molecular weight is 428 g/mol.